The molecule has 1 aromatic rings. The lowest BCUT2D eigenvalue weighted by molar-refractivity contribution is -0.116. The van der Waals surface area contributed by atoms with Gasteiger partial charge in [-0.05, 0) is 35.2 Å². The largest absolute Gasteiger partial charge is 0.446 e. The van der Waals surface area contributed by atoms with Crippen molar-refractivity contribution in [1.82, 2.24) is 0 Å². The second-order valence-corrected chi connectivity index (χ2v) is 6.14. The molecule has 118 valence electrons. The maximum atomic E-state index is 12.5. The molecule has 0 atom stereocenters. The van der Waals surface area contributed by atoms with Crippen LogP contribution in [0.4, 0.5) is 26.3 Å². The van der Waals surface area contributed by atoms with Gasteiger partial charge in [0.1, 0.15) is 0 Å². The van der Waals surface area contributed by atoms with Crippen LogP contribution in [0.15, 0.2) is 28.0 Å². The van der Waals surface area contributed by atoms with E-state index in [-0.39, 0.29) is 5.56 Å². The van der Waals surface area contributed by atoms with Gasteiger partial charge in [0.2, 0.25) is 0 Å². The molecule has 0 unspecified atom stereocenters. The first-order valence-electron chi connectivity index (χ1n) is 5.23. The molecule has 0 spiro atoms. The van der Waals surface area contributed by atoms with Gasteiger partial charge >= 0.3 is 11.0 Å². The minimum Gasteiger partial charge on any atom is -0.298 e. The second-order valence-electron chi connectivity index (χ2n) is 3.69. The molecule has 0 saturated carbocycles. The normalized spacial score (nSPS) is 12.5. The van der Waals surface area contributed by atoms with Gasteiger partial charge in [0.15, 0.2) is 5.78 Å². The lowest BCUT2D eigenvalue weighted by Crippen LogP contribution is -2.09. The standard InChI is InChI=1S/C11H7ClF6OS2/c12-5-7(19)4-6-2-1-3-8(20-10(13,14)15)9(6)21-11(16,17)18/h1-3H,4-5H2. The Bertz CT molecular complexity index is 514. The van der Waals surface area contributed by atoms with Gasteiger partial charge in [0.05, 0.1) is 5.88 Å². The van der Waals surface area contributed by atoms with E-state index in [9.17, 15) is 31.1 Å². The third-order valence-corrected chi connectivity index (χ3v) is 4.18. The molecule has 0 N–H and O–H groups in total. The molecule has 0 aliphatic heterocycles. The van der Waals surface area contributed by atoms with E-state index in [1.165, 1.54) is 12.1 Å². The fourth-order valence-corrected chi connectivity index (χ4v) is 3.03. The van der Waals surface area contributed by atoms with Gasteiger partial charge in [-0.3, -0.25) is 4.79 Å². The molecule has 0 amide bonds. The summed E-state index contributed by atoms with van der Waals surface area (Å²) in [7, 11) is 0. The van der Waals surface area contributed by atoms with Gasteiger partial charge in [-0.1, -0.05) is 12.1 Å². The summed E-state index contributed by atoms with van der Waals surface area (Å²) in [4.78, 5) is 10.0. The van der Waals surface area contributed by atoms with Gasteiger partial charge in [-0.2, -0.15) is 26.3 Å². The van der Waals surface area contributed by atoms with Crippen LogP contribution in [0, 0.1) is 0 Å². The van der Waals surface area contributed by atoms with Crippen molar-refractivity contribution in [2.45, 2.75) is 27.2 Å². The van der Waals surface area contributed by atoms with Crippen molar-refractivity contribution < 1.29 is 31.1 Å². The van der Waals surface area contributed by atoms with Crippen LogP contribution in [0.5, 0.6) is 0 Å². The molecule has 1 rings (SSSR count). The average molecular weight is 369 g/mol. The maximum Gasteiger partial charge on any atom is 0.446 e. The minimum atomic E-state index is -4.76. The number of ketones is 1. The predicted molar refractivity (Wildman–Crippen MR) is 69.7 cm³/mol. The molecule has 0 radical (unpaired) electrons. The summed E-state index contributed by atoms with van der Waals surface area (Å²) in [5, 5.41) is 0. The fourth-order valence-electron chi connectivity index (χ4n) is 1.40. The molecule has 0 saturated heterocycles. The molecule has 0 fully saturated rings. The molecule has 21 heavy (non-hydrogen) atoms. The number of alkyl halides is 7. The first-order valence-corrected chi connectivity index (χ1v) is 7.39. The van der Waals surface area contributed by atoms with Crippen molar-refractivity contribution in [2.75, 3.05) is 5.88 Å². The number of hydrogen-bond donors (Lipinski definition) is 0. The third kappa shape index (κ3) is 6.84. The van der Waals surface area contributed by atoms with Gasteiger partial charge in [0.25, 0.3) is 0 Å². The molecular formula is C11H7ClF6OS2. The molecular weight excluding hydrogens is 362 g/mol. The van der Waals surface area contributed by atoms with Crippen molar-refractivity contribution in [2.24, 2.45) is 0 Å². The summed E-state index contributed by atoms with van der Waals surface area (Å²) in [6.45, 7) is 0. The molecule has 1 nitrogen and oxygen atoms in total. The Morgan fingerprint density at radius 2 is 1.62 bits per heavy atom. The highest BCUT2D eigenvalue weighted by Crippen LogP contribution is 2.47. The Morgan fingerprint density at radius 1 is 1.05 bits per heavy atom. The lowest BCUT2D eigenvalue weighted by Gasteiger charge is -2.16. The molecule has 0 bridgehead atoms. The number of benzene rings is 1. The van der Waals surface area contributed by atoms with Crippen molar-refractivity contribution in [3.63, 3.8) is 0 Å². The third-order valence-electron chi connectivity index (χ3n) is 2.04. The monoisotopic (exact) mass is 368 g/mol. The molecule has 0 aromatic heterocycles. The summed E-state index contributed by atoms with van der Waals surface area (Å²) in [5.41, 5.74) is -9.62. The predicted octanol–water partition coefficient (Wildman–Crippen LogP) is 5.26. The van der Waals surface area contributed by atoms with E-state index in [2.05, 4.69) is 0 Å². The number of carbonyl (C=O) groups is 1. The Morgan fingerprint density at radius 3 is 2.10 bits per heavy atom. The van der Waals surface area contributed by atoms with Crippen LogP contribution in [-0.2, 0) is 11.2 Å². The van der Waals surface area contributed by atoms with Crippen molar-refractivity contribution >= 4 is 40.9 Å². The van der Waals surface area contributed by atoms with E-state index >= 15 is 0 Å². The maximum absolute atomic E-state index is 12.5. The Balaban J connectivity index is 3.23. The summed E-state index contributed by atoms with van der Waals surface area (Å²) in [5.74, 6) is -0.998. The Hall–Kier alpha value is -0.540. The number of halogens is 7. The quantitative estimate of drug-likeness (QED) is 0.401. The highest BCUT2D eigenvalue weighted by atomic mass is 35.5. The summed E-state index contributed by atoms with van der Waals surface area (Å²) in [6.07, 6.45) is -0.450. The molecule has 0 heterocycles. The van der Waals surface area contributed by atoms with E-state index in [1.54, 1.807) is 0 Å². The van der Waals surface area contributed by atoms with Crippen molar-refractivity contribution in [1.29, 1.82) is 0 Å². The van der Waals surface area contributed by atoms with Crippen molar-refractivity contribution in [3.8, 4) is 0 Å². The number of carbonyl (C=O) groups excluding carboxylic acids is 1. The molecule has 0 aliphatic carbocycles. The van der Waals surface area contributed by atoms with Gasteiger partial charge in [-0.15, -0.1) is 11.6 Å². The Kier molecular flexibility index (Phi) is 6.30. The van der Waals surface area contributed by atoms with Gasteiger partial charge in [-0.25, -0.2) is 0 Å². The SMILES string of the molecule is O=C(CCl)Cc1cccc(SC(F)(F)F)c1SC(F)(F)F. The second kappa shape index (κ2) is 7.15. The molecule has 0 aliphatic rings. The summed E-state index contributed by atoms with van der Waals surface area (Å²) < 4.78 is 74.7. The number of Topliss-reactive ketones (excluding diaryl/α,β-unsaturated/α-hetero) is 1. The van der Waals surface area contributed by atoms with E-state index in [0.717, 1.165) is 6.07 Å². The zero-order valence-corrected chi connectivity index (χ0v) is 12.4. The first-order chi connectivity index (χ1) is 9.52. The number of thioether (sulfide) groups is 2. The van der Waals surface area contributed by atoms with Crippen LogP contribution in [0.25, 0.3) is 0 Å². The summed E-state index contributed by atoms with van der Waals surface area (Å²) >= 11 is 3.95. The van der Waals surface area contributed by atoms with E-state index in [1.807, 2.05) is 0 Å². The number of rotatable bonds is 5. The topological polar surface area (TPSA) is 17.1 Å². The van der Waals surface area contributed by atoms with Gasteiger partial charge < -0.3 is 0 Å². The van der Waals surface area contributed by atoms with E-state index in [0.29, 0.717) is 0 Å². The average Bonchev–Trinajstić information content (AvgIpc) is 2.29. The lowest BCUT2D eigenvalue weighted by atomic mass is 10.1. The molecule has 10 heteroatoms. The number of hydrogen-bond acceptors (Lipinski definition) is 3. The van der Waals surface area contributed by atoms with Crippen LogP contribution in [0.2, 0.25) is 0 Å². The molecule has 1 aromatic carbocycles. The first kappa shape index (κ1) is 18.5. The van der Waals surface area contributed by atoms with Crippen LogP contribution in [0.1, 0.15) is 5.56 Å². The van der Waals surface area contributed by atoms with Crippen LogP contribution in [-0.4, -0.2) is 22.7 Å². The highest BCUT2D eigenvalue weighted by molar-refractivity contribution is 8.03. The highest BCUT2D eigenvalue weighted by Gasteiger charge is 2.36. The summed E-state index contributed by atoms with van der Waals surface area (Å²) in [6, 6.07) is 3.28. The van der Waals surface area contributed by atoms with E-state index < -0.39 is 62.4 Å². The minimum absolute atomic E-state index is 0.128. The van der Waals surface area contributed by atoms with Gasteiger partial charge in [0, 0.05) is 16.2 Å². The van der Waals surface area contributed by atoms with Crippen LogP contribution < -0.4 is 0 Å². The van der Waals surface area contributed by atoms with E-state index in [4.69, 9.17) is 11.6 Å². The Labute approximate surface area is 129 Å². The van der Waals surface area contributed by atoms with Crippen LogP contribution in [0.3, 0.4) is 0 Å². The van der Waals surface area contributed by atoms with Crippen LogP contribution >= 0.6 is 35.1 Å². The zero-order chi connectivity index (χ0) is 16.3. The van der Waals surface area contributed by atoms with Crippen molar-refractivity contribution in [3.05, 3.63) is 23.8 Å². The fraction of sp³-hybridized carbons (Fsp3) is 0.364. The zero-order valence-electron chi connectivity index (χ0n) is 10.0. The smallest absolute Gasteiger partial charge is 0.298 e.